The number of rotatable bonds is 4. The van der Waals surface area contributed by atoms with E-state index < -0.39 is 41.4 Å². The van der Waals surface area contributed by atoms with E-state index in [1.807, 2.05) is 0 Å². The summed E-state index contributed by atoms with van der Waals surface area (Å²) in [5.74, 6) is -4.24. The van der Waals surface area contributed by atoms with E-state index in [0.29, 0.717) is 10.7 Å². The molecular formula is C18H12ClF2N5O3. The van der Waals surface area contributed by atoms with Crippen LogP contribution in [0.15, 0.2) is 52.8 Å². The van der Waals surface area contributed by atoms with Crippen molar-refractivity contribution < 1.29 is 23.2 Å². The van der Waals surface area contributed by atoms with Gasteiger partial charge in [0, 0.05) is 16.8 Å². The Morgan fingerprint density at radius 3 is 2.48 bits per heavy atom. The van der Waals surface area contributed by atoms with E-state index in [-0.39, 0.29) is 12.2 Å². The van der Waals surface area contributed by atoms with Gasteiger partial charge in [0.2, 0.25) is 5.91 Å². The highest BCUT2D eigenvalue weighted by Crippen LogP contribution is 2.32. The van der Waals surface area contributed by atoms with Crippen molar-refractivity contribution in [2.24, 2.45) is 10.3 Å². The molecule has 4 rings (SSSR count). The maximum absolute atomic E-state index is 13.5. The second kappa shape index (κ2) is 7.21. The number of fused-ring (bicyclic) bond motifs is 1. The minimum atomic E-state index is -1.19. The molecular weight excluding hydrogens is 408 g/mol. The minimum Gasteiger partial charge on any atom is -0.324 e. The number of hydrogen-bond acceptors (Lipinski definition) is 6. The second-order valence-electron chi connectivity index (χ2n) is 6.36. The van der Waals surface area contributed by atoms with Gasteiger partial charge in [0.05, 0.1) is 5.69 Å². The summed E-state index contributed by atoms with van der Waals surface area (Å²) in [4.78, 5) is 38.3. The normalized spacial score (nSPS) is 20.4. The molecule has 0 saturated carbocycles. The standard InChI is InChI=1S/C18H12ClF2N5O3/c19-9-1-3-10(4-2-9)22-14(27)8-25-16-15(23-24-25)17(28)26(18(16)29)11-5-6-12(20)13(21)7-11/h1-7,15-16H,8H2,(H,22,27)/t15-,16-/m0/s1. The lowest BCUT2D eigenvalue weighted by atomic mass is 10.1. The SMILES string of the molecule is O=C(CN1N=N[C@@H]2C(=O)N(c3ccc(F)c(F)c3)C(=O)[C@H]21)Nc1ccc(Cl)cc1. The fourth-order valence-electron chi connectivity index (χ4n) is 3.11. The number of imide groups is 1. The number of hydrogen-bond donors (Lipinski definition) is 1. The smallest absolute Gasteiger partial charge is 0.263 e. The molecule has 2 aliphatic heterocycles. The molecule has 3 amide bonds. The molecule has 2 aromatic carbocycles. The van der Waals surface area contributed by atoms with Gasteiger partial charge in [-0.2, -0.15) is 5.11 Å². The number of amides is 3. The monoisotopic (exact) mass is 419 g/mol. The first kappa shape index (κ1) is 18.9. The summed E-state index contributed by atoms with van der Waals surface area (Å²) in [6.45, 7) is -0.335. The first-order chi connectivity index (χ1) is 13.8. The van der Waals surface area contributed by atoms with Gasteiger partial charge >= 0.3 is 0 Å². The second-order valence-corrected chi connectivity index (χ2v) is 6.79. The minimum absolute atomic E-state index is 0.117. The first-order valence-corrected chi connectivity index (χ1v) is 8.78. The van der Waals surface area contributed by atoms with Crippen LogP contribution in [0.4, 0.5) is 20.2 Å². The summed E-state index contributed by atoms with van der Waals surface area (Å²) in [6.07, 6.45) is 0. The molecule has 1 N–H and O–H groups in total. The molecule has 1 fully saturated rings. The lowest BCUT2D eigenvalue weighted by Crippen LogP contribution is -2.43. The van der Waals surface area contributed by atoms with Gasteiger partial charge in [0.15, 0.2) is 23.7 Å². The van der Waals surface area contributed by atoms with E-state index in [1.54, 1.807) is 24.3 Å². The molecule has 0 bridgehead atoms. The van der Waals surface area contributed by atoms with E-state index in [1.165, 1.54) is 0 Å². The first-order valence-electron chi connectivity index (χ1n) is 8.41. The maximum Gasteiger partial charge on any atom is 0.263 e. The maximum atomic E-state index is 13.5. The molecule has 0 unspecified atom stereocenters. The molecule has 0 spiro atoms. The molecule has 148 valence electrons. The molecule has 2 heterocycles. The Morgan fingerprint density at radius 1 is 1.07 bits per heavy atom. The van der Waals surface area contributed by atoms with E-state index >= 15 is 0 Å². The average Bonchev–Trinajstić information content (AvgIpc) is 3.20. The van der Waals surface area contributed by atoms with Gasteiger partial charge in [0.25, 0.3) is 11.8 Å². The van der Waals surface area contributed by atoms with Gasteiger partial charge in [-0.3, -0.25) is 19.4 Å². The van der Waals surface area contributed by atoms with Crippen LogP contribution < -0.4 is 10.2 Å². The highest BCUT2D eigenvalue weighted by atomic mass is 35.5. The number of anilines is 2. The lowest BCUT2D eigenvalue weighted by molar-refractivity contribution is -0.123. The lowest BCUT2D eigenvalue weighted by Gasteiger charge is -2.20. The molecule has 2 aromatic rings. The number of carbonyl (C=O) groups is 3. The predicted octanol–water partition coefficient (Wildman–Crippen LogP) is 2.55. The van der Waals surface area contributed by atoms with E-state index in [9.17, 15) is 23.2 Å². The molecule has 0 aromatic heterocycles. The van der Waals surface area contributed by atoms with E-state index in [2.05, 4.69) is 15.7 Å². The van der Waals surface area contributed by atoms with Crippen molar-refractivity contribution in [3.63, 3.8) is 0 Å². The predicted molar refractivity (Wildman–Crippen MR) is 98.1 cm³/mol. The van der Waals surface area contributed by atoms with Crippen molar-refractivity contribution in [3.05, 3.63) is 59.1 Å². The third-order valence-electron chi connectivity index (χ3n) is 4.45. The zero-order valence-electron chi connectivity index (χ0n) is 14.6. The highest BCUT2D eigenvalue weighted by molar-refractivity contribution is 6.30. The van der Waals surface area contributed by atoms with Gasteiger partial charge in [0.1, 0.15) is 6.54 Å². The van der Waals surface area contributed by atoms with Crippen LogP contribution in [0.2, 0.25) is 5.02 Å². The van der Waals surface area contributed by atoms with Crippen LogP contribution in [-0.4, -0.2) is 41.4 Å². The number of carbonyl (C=O) groups excluding carboxylic acids is 3. The summed E-state index contributed by atoms with van der Waals surface area (Å²) < 4.78 is 26.7. The van der Waals surface area contributed by atoms with Crippen molar-refractivity contribution in [1.29, 1.82) is 0 Å². The van der Waals surface area contributed by atoms with E-state index in [0.717, 1.165) is 28.1 Å². The summed E-state index contributed by atoms with van der Waals surface area (Å²) >= 11 is 5.79. The Labute approximate surface area is 167 Å². The third-order valence-corrected chi connectivity index (χ3v) is 4.70. The Kier molecular flexibility index (Phi) is 4.71. The average molecular weight is 420 g/mol. The topological polar surface area (TPSA) is 94.4 Å². The molecule has 2 aliphatic rings. The van der Waals surface area contributed by atoms with Gasteiger partial charge in [-0.25, -0.2) is 13.7 Å². The van der Waals surface area contributed by atoms with Crippen molar-refractivity contribution in [3.8, 4) is 0 Å². The van der Waals surface area contributed by atoms with Crippen LogP contribution in [0, 0.1) is 11.6 Å². The Hall–Kier alpha value is -3.40. The third kappa shape index (κ3) is 3.42. The fraction of sp³-hybridized carbons (Fsp3) is 0.167. The Balaban J connectivity index is 1.49. The van der Waals surface area contributed by atoms with Crippen LogP contribution >= 0.6 is 11.6 Å². The Morgan fingerprint density at radius 2 is 1.79 bits per heavy atom. The molecule has 8 nitrogen and oxygen atoms in total. The van der Waals surface area contributed by atoms with Crippen LogP contribution in [0.1, 0.15) is 0 Å². The zero-order valence-corrected chi connectivity index (χ0v) is 15.3. The van der Waals surface area contributed by atoms with E-state index in [4.69, 9.17) is 11.6 Å². The van der Waals surface area contributed by atoms with Crippen molar-refractivity contribution in [2.75, 3.05) is 16.8 Å². The van der Waals surface area contributed by atoms with Crippen LogP contribution in [0.3, 0.4) is 0 Å². The molecule has 0 radical (unpaired) electrons. The van der Waals surface area contributed by atoms with Crippen LogP contribution in [0.5, 0.6) is 0 Å². The summed E-state index contributed by atoms with van der Waals surface area (Å²) in [7, 11) is 0. The largest absolute Gasteiger partial charge is 0.324 e. The number of nitrogens with zero attached hydrogens (tertiary/aromatic N) is 4. The van der Waals surface area contributed by atoms with Gasteiger partial charge < -0.3 is 5.32 Å². The van der Waals surface area contributed by atoms with Crippen LogP contribution in [-0.2, 0) is 14.4 Å². The quantitative estimate of drug-likeness (QED) is 0.770. The zero-order chi connectivity index (χ0) is 20.7. The Bertz CT molecular complexity index is 1050. The van der Waals surface area contributed by atoms with Gasteiger partial charge in [-0.1, -0.05) is 16.8 Å². The van der Waals surface area contributed by atoms with Gasteiger partial charge in [-0.15, -0.1) is 0 Å². The van der Waals surface area contributed by atoms with Crippen molar-refractivity contribution >= 4 is 40.7 Å². The summed E-state index contributed by atoms with van der Waals surface area (Å²) in [5, 5.41) is 11.7. The number of halogens is 3. The molecule has 29 heavy (non-hydrogen) atoms. The fourth-order valence-corrected chi connectivity index (χ4v) is 3.24. The van der Waals surface area contributed by atoms with Crippen molar-refractivity contribution in [1.82, 2.24) is 5.01 Å². The molecule has 11 heteroatoms. The van der Waals surface area contributed by atoms with Crippen LogP contribution in [0.25, 0.3) is 0 Å². The molecule has 0 aliphatic carbocycles. The van der Waals surface area contributed by atoms with Crippen molar-refractivity contribution in [2.45, 2.75) is 12.1 Å². The number of benzene rings is 2. The molecule has 2 atom stereocenters. The highest BCUT2D eigenvalue weighted by Gasteiger charge is 2.55. The number of nitrogens with one attached hydrogen (secondary N) is 1. The van der Waals surface area contributed by atoms with Gasteiger partial charge in [-0.05, 0) is 36.4 Å². The summed E-state index contributed by atoms with van der Waals surface area (Å²) in [6, 6.07) is 6.80. The molecule has 1 saturated heterocycles. The summed E-state index contributed by atoms with van der Waals surface area (Å²) in [5.41, 5.74) is 0.374.